The molecule has 1 aliphatic carbocycles. The lowest BCUT2D eigenvalue weighted by atomic mass is 10.2. The minimum Gasteiger partial charge on any atom is -0.477 e. The van der Waals surface area contributed by atoms with E-state index in [1.54, 1.807) is 18.3 Å². The van der Waals surface area contributed by atoms with Crippen molar-refractivity contribution in [3.05, 3.63) is 48.2 Å². The fourth-order valence-electron chi connectivity index (χ4n) is 2.21. The molecule has 1 fully saturated rings. The van der Waals surface area contributed by atoms with Crippen molar-refractivity contribution < 1.29 is 9.53 Å². The predicted octanol–water partition coefficient (Wildman–Crippen LogP) is 3.73. The summed E-state index contributed by atoms with van der Waals surface area (Å²) in [5, 5.41) is 3.43. The summed E-state index contributed by atoms with van der Waals surface area (Å²) in [6.45, 7) is 0.677. The van der Waals surface area contributed by atoms with Gasteiger partial charge in [0.1, 0.15) is 0 Å². The quantitative estimate of drug-likeness (QED) is 0.776. The molecule has 0 saturated heterocycles. The van der Waals surface area contributed by atoms with Gasteiger partial charge in [-0.3, -0.25) is 10.1 Å². The number of anilines is 1. The third kappa shape index (κ3) is 3.32. The third-order valence-corrected chi connectivity index (χ3v) is 4.63. The number of carbonyl (C=O) groups excluding carboxylic acids is 1. The Balaban J connectivity index is 1.48. The molecule has 1 aromatic carbocycles. The van der Waals surface area contributed by atoms with Gasteiger partial charge in [-0.1, -0.05) is 23.5 Å². The summed E-state index contributed by atoms with van der Waals surface area (Å²) in [5.41, 5.74) is 1.40. The predicted molar refractivity (Wildman–Crippen MR) is 90.0 cm³/mol. The van der Waals surface area contributed by atoms with Crippen LogP contribution in [0.15, 0.2) is 42.6 Å². The van der Waals surface area contributed by atoms with Crippen molar-refractivity contribution in [1.82, 2.24) is 9.97 Å². The summed E-state index contributed by atoms with van der Waals surface area (Å²) in [7, 11) is 0. The Labute approximate surface area is 137 Å². The van der Waals surface area contributed by atoms with Crippen molar-refractivity contribution in [2.75, 3.05) is 11.9 Å². The molecule has 0 atom stereocenters. The van der Waals surface area contributed by atoms with Gasteiger partial charge in [-0.2, -0.15) is 0 Å². The average Bonchev–Trinajstić information content (AvgIpc) is 3.31. The van der Waals surface area contributed by atoms with E-state index < -0.39 is 0 Å². The van der Waals surface area contributed by atoms with Crippen LogP contribution in [-0.4, -0.2) is 22.5 Å². The standard InChI is InChI=1S/C17H15N3O2S/c21-16(20-17-19-13-3-1-2-4-14(13)23-17)12-7-8-18-15(9-12)22-10-11-5-6-11/h1-4,7-9,11H,5-6,10H2,(H,19,20,21). The molecule has 1 amide bonds. The number of hydrogen-bond donors (Lipinski definition) is 1. The maximum Gasteiger partial charge on any atom is 0.257 e. The normalized spacial score (nSPS) is 13.9. The highest BCUT2D eigenvalue weighted by Gasteiger charge is 2.22. The number of amides is 1. The van der Waals surface area contributed by atoms with E-state index >= 15 is 0 Å². The number of hydrogen-bond acceptors (Lipinski definition) is 5. The molecule has 23 heavy (non-hydrogen) atoms. The maximum absolute atomic E-state index is 12.4. The summed E-state index contributed by atoms with van der Waals surface area (Å²) in [5.74, 6) is 0.939. The van der Waals surface area contributed by atoms with Crippen molar-refractivity contribution in [3.63, 3.8) is 0 Å². The molecule has 2 aromatic heterocycles. The van der Waals surface area contributed by atoms with Gasteiger partial charge in [-0.05, 0) is 37.0 Å². The molecule has 0 bridgehead atoms. The highest BCUT2D eigenvalue weighted by molar-refractivity contribution is 7.22. The fraction of sp³-hybridized carbons (Fsp3) is 0.235. The van der Waals surface area contributed by atoms with Gasteiger partial charge in [-0.15, -0.1) is 0 Å². The Morgan fingerprint density at radius 3 is 3.00 bits per heavy atom. The lowest BCUT2D eigenvalue weighted by molar-refractivity contribution is 0.102. The third-order valence-electron chi connectivity index (χ3n) is 3.68. The van der Waals surface area contributed by atoms with Crippen molar-refractivity contribution in [2.45, 2.75) is 12.8 Å². The van der Waals surface area contributed by atoms with Crippen LogP contribution in [0.3, 0.4) is 0 Å². The van der Waals surface area contributed by atoms with Gasteiger partial charge in [0, 0.05) is 17.8 Å². The van der Waals surface area contributed by atoms with Gasteiger partial charge in [0.05, 0.1) is 16.8 Å². The Bertz CT molecular complexity index is 825. The SMILES string of the molecule is O=C(Nc1nc2ccccc2s1)c1ccnc(OCC2CC2)c1. The maximum atomic E-state index is 12.4. The van der Waals surface area contributed by atoms with Gasteiger partial charge in [0.2, 0.25) is 5.88 Å². The molecule has 6 heteroatoms. The van der Waals surface area contributed by atoms with Crippen LogP contribution in [0.4, 0.5) is 5.13 Å². The molecule has 1 aliphatic rings. The van der Waals surface area contributed by atoms with Crippen molar-refractivity contribution in [2.24, 2.45) is 5.92 Å². The van der Waals surface area contributed by atoms with Crippen molar-refractivity contribution in [1.29, 1.82) is 0 Å². The summed E-state index contributed by atoms with van der Waals surface area (Å²) in [6, 6.07) is 11.1. The Morgan fingerprint density at radius 2 is 2.17 bits per heavy atom. The van der Waals surface area contributed by atoms with Crippen LogP contribution in [0, 0.1) is 5.92 Å². The van der Waals surface area contributed by atoms with Crippen LogP contribution < -0.4 is 10.1 Å². The molecule has 0 unspecified atom stereocenters. The van der Waals surface area contributed by atoms with Crippen LogP contribution in [0.25, 0.3) is 10.2 Å². The molecule has 0 radical (unpaired) electrons. The van der Waals surface area contributed by atoms with Crippen LogP contribution in [0.5, 0.6) is 5.88 Å². The largest absolute Gasteiger partial charge is 0.477 e. The number of rotatable bonds is 5. The van der Waals surface area contributed by atoms with E-state index in [1.807, 2.05) is 24.3 Å². The average molecular weight is 325 g/mol. The summed E-state index contributed by atoms with van der Waals surface area (Å²) >= 11 is 1.46. The molecular formula is C17H15N3O2S. The Hall–Kier alpha value is -2.47. The number of carbonyl (C=O) groups is 1. The van der Waals surface area contributed by atoms with E-state index in [4.69, 9.17) is 4.74 Å². The van der Waals surface area contributed by atoms with Gasteiger partial charge >= 0.3 is 0 Å². The van der Waals surface area contributed by atoms with E-state index in [0.717, 1.165) is 10.2 Å². The number of nitrogens with zero attached hydrogens (tertiary/aromatic N) is 2. The summed E-state index contributed by atoms with van der Waals surface area (Å²) in [4.78, 5) is 20.9. The number of benzene rings is 1. The first-order valence-corrected chi connectivity index (χ1v) is 8.35. The smallest absolute Gasteiger partial charge is 0.257 e. The van der Waals surface area contributed by atoms with Crippen LogP contribution in [-0.2, 0) is 0 Å². The molecule has 2 heterocycles. The van der Waals surface area contributed by atoms with E-state index in [0.29, 0.717) is 29.1 Å². The fourth-order valence-corrected chi connectivity index (χ4v) is 3.07. The number of pyridine rings is 1. The molecule has 0 spiro atoms. The van der Waals surface area contributed by atoms with E-state index in [9.17, 15) is 4.79 Å². The molecule has 1 N–H and O–H groups in total. The second kappa shape index (κ2) is 5.96. The minimum absolute atomic E-state index is 0.206. The van der Waals surface area contributed by atoms with Crippen molar-refractivity contribution >= 4 is 32.6 Å². The van der Waals surface area contributed by atoms with Gasteiger partial charge in [0.25, 0.3) is 5.91 Å². The zero-order valence-electron chi connectivity index (χ0n) is 12.4. The number of para-hydroxylation sites is 1. The van der Waals surface area contributed by atoms with Crippen LogP contribution in [0.1, 0.15) is 23.2 Å². The van der Waals surface area contributed by atoms with Crippen LogP contribution >= 0.6 is 11.3 Å². The van der Waals surface area contributed by atoms with Gasteiger partial charge in [0.15, 0.2) is 5.13 Å². The highest BCUT2D eigenvalue weighted by atomic mass is 32.1. The number of aromatic nitrogens is 2. The first kappa shape index (κ1) is 14.1. The monoisotopic (exact) mass is 325 g/mol. The number of nitrogens with one attached hydrogen (secondary N) is 1. The molecule has 0 aliphatic heterocycles. The molecule has 1 saturated carbocycles. The molecular weight excluding hydrogens is 310 g/mol. The second-order valence-electron chi connectivity index (χ2n) is 5.58. The number of ether oxygens (including phenoxy) is 1. The Morgan fingerprint density at radius 1 is 1.30 bits per heavy atom. The highest BCUT2D eigenvalue weighted by Crippen LogP contribution is 2.29. The number of fused-ring (bicyclic) bond motifs is 1. The lowest BCUT2D eigenvalue weighted by Gasteiger charge is -2.06. The van der Waals surface area contributed by atoms with Gasteiger partial charge < -0.3 is 4.74 Å². The van der Waals surface area contributed by atoms with E-state index in [1.165, 1.54) is 24.2 Å². The zero-order valence-corrected chi connectivity index (χ0v) is 13.2. The molecule has 116 valence electrons. The van der Waals surface area contributed by atoms with Gasteiger partial charge in [-0.25, -0.2) is 9.97 Å². The van der Waals surface area contributed by atoms with E-state index in [2.05, 4.69) is 15.3 Å². The van der Waals surface area contributed by atoms with E-state index in [-0.39, 0.29) is 5.91 Å². The number of thiazole rings is 1. The molecule has 3 aromatic rings. The van der Waals surface area contributed by atoms with Crippen molar-refractivity contribution in [3.8, 4) is 5.88 Å². The summed E-state index contributed by atoms with van der Waals surface area (Å²) < 4.78 is 6.66. The molecule has 5 nitrogen and oxygen atoms in total. The zero-order chi connectivity index (χ0) is 15.6. The Kier molecular flexibility index (Phi) is 3.67. The molecule has 4 rings (SSSR count). The minimum atomic E-state index is -0.206. The first-order valence-electron chi connectivity index (χ1n) is 7.54. The second-order valence-corrected chi connectivity index (χ2v) is 6.61. The lowest BCUT2D eigenvalue weighted by Crippen LogP contribution is -2.12. The van der Waals surface area contributed by atoms with Crippen LogP contribution in [0.2, 0.25) is 0 Å². The first-order chi connectivity index (χ1) is 11.3. The topological polar surface area (TPSA) is 64.1 Å². The summed E-state index contributed by atoms with van der Waals surface area (Å²) in [6.07, 6.45) is 4.03.